The van der Waals surface area contributed by atoms with Gasteiger partial charge in [0.2, 0.25) is 0 Å². The Morgan fingerprint density at radius 1 is 1.18 bits per heavy atom. The van der Waals surface area contributed by atoms with E-state index >= 15 is 0 Å². The molecule has 1 aliphatic rings. The van der Waals surface area contributed by atoms with Crippen molar-refractivity contribution in [2.24, 2.45) is 0 Å². The number of H-pyrrole nitrogens is 1. The zero-order valence-corrected chi connectivity index (χ0v) is 17.0. The third-order valence-electron chi connectivity index (χ3n) is 5.67. The molecule has 28 heavy (non-hydrogen) atoms. The lowest BCUT2D eigenvalue weighted by molar-refractivity contribution is 0.190. The number of rotatable bonds is 4. The van der Waals surface area contributed by atoms with Crippen LogP contribution in [-0.4, -0.2) is 39.9 Å². The van der Waals surface area contributed by atoms with Crippen molar-refractivity contribution < 1.29 is 0 Å². The van der Waals surface area contributed by atoms with Crippen LogP contribution in [0.25, 0.3) is 22.5 Å². The van der Waals surface area contributed by atoms with E-state index in [1.807, 2.05) is 13.0 Å². The Labute approximate surface area is 165 Å². The van der Waals surface area contributed by atoms with Crippen LogP contribution in [0.15, 0.2) is 36.5 Å². The molecule has 0 saturated carbocycles. The van der Waals surface area contributed by atoms with Crippen LogP contribution in [0.1, 0.15) is 42.4 Å². The number of aromatic amines is 1. The second-order valence-corrected chi connectivity index (χ2v) is 8.22. The number of aromatic nitrogens is 3. The van der Waals surface area contributed by atoms with Crippen molar-refractivity contribution in [3.63, 3.8) is 0 Å². The molecule has 4 rings (SSSR count). The Morgan fingerprint density at radius 3 is 2.43 bits per heavy atom. The van der Waals surface area contributed by atoms with Gasteiger partial charge in [-0.3, -0.25) is 15.2 Å². The van der Waals surface area contributed by atoms with Gasteiger partial charge >= 0.3 is 0 Å². The van der Waals surface area contributed by atoms with Crippen LogP contribution >= 0.6 is 0 Å². The maximum absolute atomic E-state index is 7.98. The highest BCUT2D eigenvalue weighted by molar-refractivity contribution is 5.75. The lowest BCUT2D eigenvalue weighted by atomic mass is 9.90. The van der Waals surface area contributed by atoms with Gasteiger partial charge in [0.25, 0.3) is 0 Å². The van der Waals surface area contributed by atoms with E-state index in [1.165, 1.54) is 15.8 Å². The monoisotopic (exact) mass is 376 g/mol. The van der Waals surface area contributed by atoms with Crippen molar-refractivity contribution in [2.75, 3.05) is 26.0 Å². The minimum atomic E-state index is 0.297. The molecule has 1 saturated heterocycles. The lowest BCUT2D eigenvalue weighted by Crippen LogP contribution is -2.41. The minimum Gasteiger partial charge on any atom is -0.338 e. The SMILES string of the molecule is Cc1cc(-c2n[nH]c(-c3ccc(C4CN(C)C4)cc3)c2C(C)C)cn(N)c1=N. The van der Waals surface area contributed by atoms with Gasteiger partial charge in [-0.05, 0) is 42.6 Å². The fourth-order valence-electron chi connectivity index (χ4n) is 4.07. The summed E-state index contributed by atoms with van der Waals surface area (Å²) < 4.78 is 1.35. The van der Waals surface area contributed by atoms with Gasteiger partial charge in [-0.1, -0.05) is 38.1 Å². The molecule has 6 heteroatoms. The first-order valence-corrected chi connectivity index (χ1v) is 9.75. The molecule has 0 unspecified atom stereocenters. The van der Waals surface area contributed by atoms with Gasteiger partial charge in [0.1, 0.15) is 5.49 Å². The molecule has 3 heterocycles. The second-order valence-electron chi connectivity index (χ2n) is 8.22. The van der Waals surface area contributed by atoms with Gasteiger partial charge in [-0.15, -0.1) is 0 Å². The smallest absolute Gasteiger partial charge is 0.146 e. The van der Waals surface area contributed by atoms with E-state index in [4.69, 9.17) is 11.3 Å². The largest absolute Gasteiger partial charge is 0.338 e. The molecular formula is C22H28N6. The Balaban J connectivity index is 1.74. The summed E-state index contributed by atoms with van der Waals surface area (Å²) in [5.74, 6) is 6.91. The van der Waals surface area contributed by atoms with E-state index in [2.05, 4.69) is 60.3 Å². The minimum absolute atomic E-state index is 0.297. The van der Waals surface area contributed by atoms with Crippen LogP contribution in [0.2, 0.25) is 0 Å². The molecule has 1 aliphatic heterocycles. The van der Waals surface area contributed by atoms with Crippen LogP contribution in [0.5, 0.6) is 0 Å². The molecule has 0 spiro atoms. The van der Waals surface area contributed by atoms with E-state index in [9.17, 15) is 0 Å². The molecule has 146 valence electrons. The summed E-state index contributed by atoms with van der Waals surface area (Å²) in [6.45, 7) is 8.52. The van der Waals surface area contributed by atoms with Crippen molar-refractivity contribution in [3.8, 4) is 22.5 Å². The molecule has 0 amide bonds. The molecule has 1 fully saturated rings. The summed E-state index contributed by atoms with van der Waals surface area (Å²) in [5, 5.41) is 15.9. The number of aryl methyl sites for hydroxylation is 1. The normalized spacial score (nSPS) is 15.2. The van der Waals surface area contributed by atoms with E-state index < -0.39 is 0 Å². The average Bonchev–Trinajstić information content (AvgIpc) is 3.09. The van der Waals surface area contributed by atoms with E-state index in [-0.39, 0.29) is 0 Å². The zero-order valence-electron chi connectivity index (χ0n) is 17.0. The summed E-state index contributed by atoms with van der Waals surface area (Å²) in [4.78, 5) is 2.34. The Kier molecular flexibility index (Phi) is 4.59. The second kappa shape index (κ2) is 6.95. The summed E-state index contributed by atoms with van der Waals surface area (Å²) in [5.41, 5.74) is 7.74. The number of benzene rings is 1. The number of hydrogen-bond acceptors (Lipinski definition) is 4. The number of nitrogens with zero attached hydrogens (tertiary/aromatic N) is 3. The molecule has 4 N–H and O–H groups in total. The van der Waals surface area contributed by atoms with Crippen molar-refractivity contribution in [2.45, 2.75) is 32.6 Å². The third kappa shape index (κ3) is 3.14. The highest BCUT2D eigenvalue weighted by atomic mass is 15.3. The third-order valence-corrected chi connectivity index (χ3v) is 5.67. The molecule has 1 aromatic carbocycles. The molecule has 0 radical (unpaired) electrons. The first-order chi connectivity index (χ1) is 13.3. The number of pyridine rings is 1. The highest BCUT2D eigenvalue weighted by Crippen LogP contribution is 2.36. The predicted octanol–water partition coefficient (Wildman–Crippen LogP) is 3.20. The van der Waals surface area contributed by atoms with Crippen molar-refractivity contribution in [1.29, 1.82) is 5.41 Å². The van der Waals surface area contributed by atoms with Crippen molar-refractivity contribution in [1.82, 2.24) is 19.8 Å². The van der Waals surface area contributed by atoms with Gasteiger partial charge in [-0.2, -0.15) is 5.10 Å². The van der Waals surface area contributed by atoms with Crippen LogP contribution in [0.3, 0.4) is 0 Å². The van der Waals surface area contributed by atoms with Crippen molar-refractivity contribution >= 4 is 0 Å². The van der Waals surface area contributed by atoms with E-state index in [0.717, 1.165) is 41.2 Å². The fourth-order valence-corrected chi connectivity index (χ4v) is 4.07. The Bertz CT molecular complexity index is 1030. The van der Waals surface area contributed by atoms with Crippen LogP contribution in [-0.2, 0) is 0 Å². The molecule has 3 aromatic rings. The zero-order chi connectivity index (χ0) is 20.0. The number of likely N-dealkylation sites (N-methyl/N-ethyl adjacent to an activating group) is 1. The molecular weight excluding hydrogens is 348 g/mol. The van der Waals surface area contributed by atoms with Gasteiger partial charge in [0, 0.05) is 36.3 Å². The number of hydrogen-bond donors (Lipinski definition) is 3. The van der Waals surface area contributed by atoms with Gasteiger partial charge in [-0.25, -0.2) is 0 Å². The first kappa shape index (κ1) is 18.5. The van der Waals surface area contributed by atoms with Crippen LogP contribution in [0.4, 0.5) is 0 Å². The van der Waals surface area contributed by atoms with Crippen LogP contribution < -0.4 is 11.3 Å². The Hall–Kier alpha value is -2.86. The summed E-state index contributed by atoms with van der Waals surface area (Å²) in [6.07, 6.45) is 1.78. The quantitative estimate of drug-likeness (QED) is 0.611. The molecule has 0 atom stereocenters. The van der Waals surface area contributed by atoms with E-state index in [0.29, 0.717) is 17.3 Å². The summed E-state index contributed by atoms with van der Waals surface area (Å²) in [7, 11) is 2.16. The maximum Gasteiger partial charge on any atom is 0.146 e. The number of nitrogens with two attached hydrogens (primary N) is 1. The molecule has 6 nitrogen and oxygen atoms in total. The highest BCUT2D eigenvalue weighted by Gasteiger charge is 2.25. The maximum atomic E-state index is 7.98. The first-order valence-electron chi connectivity index (χ1n) is 9.75. The van der Waals surface area contributed by atoms with E-state index in [1.54, 1.807) is 6.20 Å². The number of nitrogen functional groups attached to an aromatic ring is 1. The number of likely N-dealkylation sites (tertiary alicyclic amines) is 1. The molecule has 0 aliphatic carbocycles. The van der Waals surface area contributed by atoms with Gasteiger partial charge in [0.05, 0.1) is 11.4 Å². The van der Waals surface area contributed by atoms with Gasteiger partial charge < -0.3 is 10.7 Å². The number of nitrogens with one attached hydrogen (secondary N) is 2. The lowest BCUT2D eigenvalue weighted by Gasteiger charge is -2.36. The average molecular weight is 377 g/mol. The topological polar surface area (TPSA) is 86.7 Å². The summed E-state index contributed by atoms with van der Waals surface area (Å²) in [6, 6.07) is 10.8. The standard InChI is InChI=1S/C22H28N6/c1-13(2)19-20(16-7-5-15(6-8-16)18-10-27(4)11-18)25-26-21(19)17-9-14(3)22(23)28(24)12-17/h5-9,12-13,18,23H,10-11,24H2,1-4H3,(H,25,26). The predicted molar refractivity (Wildman–Crippen MR) is 113 cm³/mol. The van der Waals surface area contributed by atoms with Crippen molar-refractivity contribution in [3.05, 3.63) is 58.7 Å². The molecule has 2 aromatic heterocycles. The molecule has 0 bridgehead atoms. The van der Waals surface area contributed by atoms with Gasteiger partial charge in [0.15, 0.2) is 0 Å². The fraction of sp³-hybridized carbons (Fsp3) is 0.364. The summed E-state index contributed by atoms with van der Waals surface area (Å²) >= 11 is 0. The Morgan fingerprint density at radius 2 is 1.86 bits per heavy atom. The van der Waals surface area contributed by atoms with Crippen LogP contribution in [0, 0.1) is 12.3 Å².